The number of carbonyl (C=O) groups is 1. The van der Waals surface area contributed by atoms with Crippen LogP contribution in [0.3, 0.4) is 0 Å². The highest BCUT2D eigenvalue weighted by molar-refractivity contribution is 9.10. The summed E-state index contributed by atoms with van der Waals surface area (Å²) < 4.78 is 29.8. The van der Waals surface area contributed by atoms with Gasteiger partial charge in [-0.2, -0.15) is 8.78 Å². The van der Waals surface area contributed by atoms with Crippen molar-refractivity contribution in [2.45, 2.75) is 33.4 Å². The van der Waals surface area contributed by atoms with Crippen LogP contribution in [-0.4, -0.2) is 24.2 Å². The zero-order valence-electron chi connectivity index (χ0n) is 12.5. The highest BCUT2D eigenvalue weighted by Gasteiger charge is 2.19. The van der Waals surface area contributed by atoms with Gasteiger partial charge in [0.2, 0.25) is 0 Å². The third kappa shape index (κ3) is 6.27. The Hall–Kier alpha value is -1.21. The quantitative estimate of drug-likeness (QED) is 0.683. The molecule has 1 aromatic carbocycles. The van der Waals surface area contributed by atoms with E-state index in [4.69, 9.17) is 5.11 Å². The molecule has 1 rings (SSSR count). The first-order chi connectivity index (χ1) is 10.3. The smallest absolute Gasteiger partial charge is 0.387 e. The fourth-order valence-electron chi connectivity index (χ4n) is 2.14. The minimum atomic E-state index is -2.91. The lowest BCUT2D eigenvalue weighted by Crippen LogP contribution is -2.29. The Balaban J connectivity index is 2.67. The minimum Gasteiger partial charge on any atom is -0.481 e. The molecule has 7 heteroatoms. The Morgan fingerprint density at radius 3 is 2.64 bits per heavy atom. The van der Waals surface area contributed by atoms with Gasteiger partial charge < -0.3 is 15.2 Å². The number of carboxylic acids is 1. The largest absolute Gasteiger partial charge is 0.481 e. The monoisotopic (exact) mass is 379 g/mol. The molecule has 1 aromatic rings. The summed E-state index contributed by atoms with van der Waals surface area (Å²) in [5.41, 5.74) is 0.545. The van der Waals surface area contributed by atoms with Crippen molar-refractivity contribution < 1.29 is 23.4 Å². The number of hydrogen-bond donors (Lipinski definition) is 2. The predicted octanol–water partition coefficient (Wildman–Crippen LogP) is 3.89. The minimum absolute atomic E-state index is 0.0701. The number of nitrogens with one attached hydrogen (secondary N) is 1. The van der Waals surface area contributed by atoms with Gasteiger partial charge in [-0.1, -0.05) is 26.0 Å². The highest BCUT2D eigenvalue weighted by atomic mass is 79.9. The molecular weight excluding hydrogens is 360 g/mol. The summed E-state index contributed by atoms with van der Waals surface area (Å²) in [5.74, 6) is -1.03. The van der Waals surface area contributed by atoms with Crippen LogP contribution in [0.2, 0.25) is 0 Å². The molecule has 1 atom stereocenters. The summed E-state index contributed by atoms with van der Waals surface area (Å²) in [5, 5.41) is 12.2. The van der Waals surface area contributed by atoms with E-state index in [9.17, 15) is 13.6 Å². The Morgan fingerprint density at radius 1 is 1.41 bits per heavy atom. The molecule has 1 unspecified atom stereocenters. The third-order valence-electron chi connectivity index (χ3n) is 3.07. The summed E-state index contributed by atoms with van der Waals surface area (Å²) in [4.78, 5) is 11.2. The fraction of sp³-hybridized carbons (Fsp3) is 0.533. The van der Waals surface area contributed by atoms with Crippen molar-refractivity contribution in [3.8, 4) is 5.75 Å². The van der Waals surface area contributed by atoms with Gasteiger partial charge in [-0.05, 0) is 34.3 Å². The maximum atomic E-state index is 12.4. The molecule has 0 spiro atoms. The summed E-state index contributed by atoms with van der Waals surface area (Å²) in [6.45, 7) is 1.53. The lowest BCUT2D eigenvalue weighted by atomic mass is 9.97. The number of alkyl halides is 2. The van der Waals surface area contributed by atoms with Crippen LogP contribution >= 0.6 is 15.9 Å². The standard InChI is InChI=1S/C15H20BrF2NO3/c1-9(2)6-11(14(20)21)8-19-7-10-4-3-5-12(16)13(10)22-15(17)18/h3-5,9,11,15,19H,6-8H2,1-2H3,(H,20,21). The van der Waals surface area contributed by atoms with Gasteiger partial charge >= 0.3 is 12.6 Å². The number of halogens is 3. The van der Waals surface area contributed by atoms with Crippen LogP contribution in [0.1, 0.15) is 25.8 Å². The number of hydrogen-bond acceptors (Lipinski definition) is 3. The fourth-order valence-corrected chi connectivity index (χ4v) is 2.64. The van der Waals surface area contributed by atoms with Crippen LogP contribution in [0.4, 0.5) is 8.78 Å². The number of para-hydroxylation sites is 1. The predicted molar refractivity (Wildman–Crippen MR) is 83.1 cm³/mol. The maximum absolute atomic E-state index is 12.4. The van der Waals surface area contributed by atoms with Crippen molar-refractivity contribution in [1.29, 1.82) is 0 Å². The van der Waals surface area contributed by atoms with Crippen LogP contribution in [0.5, 0.6) is 5.75 Å². The van der Waals surface area contributed by atoms with Crippen molar-refractivity contribution in [3.05, 3.63) is 28.2 Å². The summed E-state index contributed by atoms with van der Waals surface area (Å²) in [6.07, 6.45) is 0.557. The zero-order valence-corrected chi connectivity index (χ0v) is 14.1. The third-order valence-corrected chi connectivity index (χ3v) is 3.69. The van der Waals surface area contributed by atoms with Gasteiger partial charge in [0.1, 0.15) is 5.75 Å². The molecule has 0 heterocycles. The molecule has 124 valence electrons. The van der Waals surface area contributed by atoms with E-state index in [1.54, 1.807) is 18.2 Å². The van der Waals surface area contributed by atoms with E-state index in [1.165, 1.54) is 0 Å². The molecule has 4 nitrogen and oxygen atoms in total. The lowest BCUT2D eigenvalue weighted by Gasteiger charge is -2.17. The second-order valence-electron chi connectivity index (χ2n) is 5.40. The Kier molecular flexibility index (Phi) is 7.75. The van der Waals surface area contributed by atoms with E-state index in [-0.39, 0.29) is 24.8 Å². The molecule has 0 aliphatic carbocycles. The first-order valence-corrected chi connectivity index (χ1v) is 7.76. The van der Waals surface area contributed by atoms with Gasteiger partial charge in [0.25, 0.3) is 0 Å². The van der Waals surface area contributed by atoms with E-state index in [1.807, 2.05) is 13.8 Å². The van der Waals surface area contributed by atoms with Gasteiger partial charge in [-0.15, -0.1) is 0 Å². The molecular formula is C15H20BrF2NO3. The van der Waals surface area contributed by atoms with Gasteiger partial charge in [0, 0.05) is 18.7 Å². The second-order valence-corrected chi connectivity index (χ2v) is 6.26. The van der Waals surface area contributed by atoms with Crippen LogP contribution in [0.25, 0.3) is 0 Å². The van der Waals surface area contributed by atoms with Gasteiger partial charge in [-0.25, -0.2) is 0 Å². The maximum Gasteiger partial charge on any atom is 0.387 e. The van der Waals surface area contributed by atoms with Crippen LogP contribution < -0.4 is 10.1 Å². The molecule has 0 bridgehead atoms. The van der Waals surface area contributed by atoms with Crippen molar-refractivity contribution in [2.24, 2.45) is 11.8 Å². The number of benzene rings is 1. The van der Waals surface area contributed by atoms with Crippen molar-refractivity contribution in [2.75, 3.05) is 6.54 Å². The van der Waals surface area contributed by atoms with Crippen molar-refractivity contribution >= 4 is 21.9 Å². The Morgan fingerprint density at radius 2 is 2.09 bits per heavy atom. The van der Waals surface area contributed by atoms with Crippen LogP contribution in [0, 0.1) is 11.8 Å². The first-order valence-electron chi connectivity index (χ1n) is 6.97. The van der Waals surface area contributed by atoms with Crippen LogP contribution in [-0.2, 0) is 11.3 Å². The van der Waals surface area contributed by atoms with Crippen molar-refractivity contribution in [3.63, 3.8) is 0 Å². The van der Waals surface area contributed by atoms with E-state index < -0.39 is 18.5 Å². The zero-order chi connectivity index (χ0) is 16.7. The van der Waals surface area contributed by atoms with Gasteiger partial charge in [0.15, 0.2) is 0 Å². The van der Waals surface area contributed by atoms with E-state index in [0.717, 1.165) is 0 Å². The molecule has 0 saturated heterocycles. The average Bonchev–Trinajstić information content (AvgIpc) is 2.40. The molecule has 22 heavy (non-hydrogen) atoms. The summed E-state index contributed by atoms with van der Waals surface area (Å²) in [6, 6.07) is 4.98. The SMILES string of the molecule is CC(C)CC(CNCc1cccc(Br)c1OC(F)F)C(=O)O. The van der Waals surface area contributed by atoms with E-state index >= 15 is 0 Å². The second kappa shape index (κ2) is 9.05. The van der Waals surface area contributed by atoms with E-state index in [0.29, 0.717) is 16.5 Å². The van der Waals surface area contributed by atoms with Crippen LogP contribution in [0.15, 0.2) is 22.7 Å². The molecule has 0 saturated carbocycles. The molecule has 0 fully saturated rings. The van der Waals surface area contributed by atoms with Gasteiger partial charge in [-0.3, -0.25) is 4.79 Å². The van der Waals surface area contributed by atoms with Gasteiger partial charge in [0.05, 0.1) is 10.4 Å². The number of rotatable bonds is 9. The molecule has 0 aromatic heterocycles. The lowest BCUT2D eigenvalue weighted by molar-refractivity contribution is -0.142. The summed E-state index contributed by atoms with van der Waals surface area (Å²) in [7, 11) is 0. The Bertz CT molecular complexity index is 498. The summed E-state index contributed by atoms with van der Waals surface area (Å²) >= 11 is 3.17. The van der Waals surface area contributed by atoms with Crippen molar-refractivity contribution in [1.82, 2.24) is 5.32 Å². The number of carboxylic acid groups (broad SMARTS) is 1. The molecule has 0 aliphatic heterocycles. The number of ether oxygens (including phenoxy) is 1. The molecule has 2 N–H and O–H groups in total. The molecule has 0 aliphatic rings. The Labute approximate surface area is 137 Å². The van der Waals surface area contributed by atoms with E-state index in [2.05, 4.69) is 26.0 Å². The molecule has 0 radical (unpaired) electrons. The normalized spacial score (nSPS) is 12.7. The average molecular weight is 380 g/mol. The topological polar surface area (TPSA) is 58.6 Å². The highest BCUT2D eigenvalue weighted by Crippen LogP contribution is 2.30. The first kappa shape index (κ1) is 18.8. The molecule has 0 amide bonds. The number of aliphatic carboxylic acids is 1.